The van der Waals surface area contributed by atoms with Crippen molar-refractivity contribution in [1.82, 2.24) is 4.98 Å². The molecule has 1 rings (SSSR count). The second-order valence-corrected chi connectivity index (χ2v) is 3.18. The zero-order valence-corrected chi connectivity index (χ0v) is 9.17. The lowest BCUT2D eigenvalue weighted by Gasteiger charge is -2.09. The van der Waals surface area contributed by atoms with Gasteiger partial charge in [-0.1, -0.05) is 0 Å². The van der Waals surface area contributed by atoms with Crippen molar-refractivity contribution in [1.29, 1.82) is 0 Å². The molecule has 0 unspecified atom stereocenters. The van der Waals surface area contributed by atoms with Crippen molar-refractivity contribution in [2.45, 2.75) is 12.8 Å². The number of halogens is 1. The number of ether oxygens (including phenoxy) is 2. The fourth-order valence-corrected chi connectivity index (χ4v) is 1.23. The number of nitrogens with zero attached hydrogens (tertiary/aromatic N) is 1. The predicted molar refractivity (Wildman–Crippen MR) is 55.9 cm³/mol. The van der Waals surface area contributed by atoms with Gasteiger partial charge in [0.05, 0.1) is 12.5 Å². The SMILES string of the molecule is COCCOc1cc(C)ncc1CCl. The molecule has 0 N–H and O–H groups in total. The Labute approximate surface area is 89.0 Å². The van der Waals surface area contributed by atoms with E-state index in [1.54, 1.807) is 13.3 Å². The lowest BCUT2D eigenvalue weighted by Crippen LogP contribution is -2.06. The molecule has 78 valence electrons. The minimum absolute atomic E-state index is 0.412. The maximum atomic E-state index is 5.75. The number of hydrogen-bond acceptors (Lipinski definition) is 3. The summed E-state index contributed by atoms with van der Waals surface area (Å²) in [6.45, 7) is 3.02. The average molecular weight is 216 g/mol. The zero-order chi connectivity index (χ0) is 10.4. The van der Waals surface area contributed by atoms with Crippen LogP contribution in [-0.2, 0) is 10.6 Å². The van der Waals surface area contributed by atoms with Crippen LogP contribution < -0.4 is 4.74 Å². The molecular formula is C10H14ClNO2. The lowest BCUT2D eigenvalue weighted by atomic mass is 10.2. The second kappa shape index (κ2) is 5.83. The van der Waals surface area contributed by atoms with E-state index in [-0.39, 0.29) is 0 Å². The minimum Gasteiger partial charge on any atom is -0.491 e. The van der Waals surface area contributed by atoms with Gasteiger partial charge in [0.15, 0.2) is 0 Å². The molecule has 0 amide bonds. The Morgan fingerprint density at radius 2 is 2.21 bits per heavy atom. The summed E-state index contributed by atoms with van der Waals surface area (Å²) in [6, 6.07) is 1.88. The highest BCUT2D eigenvalue weighted by Gasteiger charge is 2.03. The lowest BCUT2D eigenvalue weighted by molar-refractivity contribution is 0.146. The van der Waals surface area contributed by atoms with Crippen LogP contribution in [0.3, 0.4) is 0 Å². The molecule has 0 saturated heterocycles. The van der Waals surface area contributed by atoms with E-state index in [4.69, 9.17) is 21.1 Å². The van der Waals surface area contributed by atoms with Gasteiger partial charge in [0.25, 0.3) is 0 Å². The summed E-state index contributed by atoms with van der Waals surface area (Å²) in [6.07, 6.45) is 1.74. The molecule has 14 heavy (non-hydrogen) atoms. The van der Waals surface area contributed by atoms with Crippen molar-refractivity contribution < 1.29 is 9.47 Å². The minimum atomic E-state index is 0.412. The highest BCUT2D eigenvalue weighted by atomic mass is 35.5. The van der Waals surface area contributed by atoms with Crippen molar-refractivity contribution in [2.75, 3.05) is 20.3 Å². The fourth-order valence-electron chi connectivity index (χ4n) is 1.03. The van der Waals surface area contributed by atoms with Gasteiger partial charge >= 0.3 is 0 Å². The van der Waals surface area contributed by atoms with Crippen LogP contribution in [0.25, 0.3) is 0 Å². The smallest absolute Gasteiger partial charge is 0.127 e. The molecule has 0 saturated carbocycles. The predicted octanol–water partition coefficient (Wildman–Crippen LogP) is 2.15. The molecule has 0 spiro atoms. The molecule has 0 aliphatic carbocycles. The van der Waals surface area contributed by atoms with E-state index >= 15 is 0 Å². The van der Waals surface area contributed by atoms with E-state index in [9.17, 15) is 0 Å². The summed E-state index contributed by atoms with van der Waals surface area (Å²) in [4.78, 5) is 4.14. The summed E-state index contributed by atoms with van der Waals surface area (Å²) in [5.74, 6) is 1.21. The van der Waals surface area contributed by atoms with Crippen LogP contribution in [0.2, 0.25) is 0 Å². The zero-order valence-electron chi connectivity index (χ0n) is 8.42. The van der Waals surface area contributed by atoms with Crippen molar-refractivity contribution in [3.8, 4) is 5.75 Å². The maximum absolute atomic E-state index is 5.75. The third-order valence-electron chi connectivity index (χ3n) is 1.77. The number of pyridine rings is 1. The Kier molecular flexibility index (Phi) is 4.70. The van der Waals surface area contributed by atoms with E-state index < -0.39 is 0 Å². The molecule has 0 aliphatic rings. The van der Waals surface area contributed by atoms with Crippen molar-refractivity contribution in [2.24, 2.45) is 0 Å². The highest BCUT2D eigenvalue weighted by Crippen LogP contribution is 2.20. The Morgan fingerprint density at radius 1 is 1.43 bits per heavy atom. The summed E-state index contributed by atoms with van der Waals surface area (Å²) < 4.78 is 10.4. The fraction of sp³-hybridized carbons (Fsp3) is 0.500. The van der Waals surface area contributed by atoms with Crippen LogP contribution >= 0.6 is 11.6 Å². The molecular weight excluding hydrogens is 202 g/mol. The first-order valence-electron chi connectivity index (χ1n) is 4.41. The van der Waals surface area contributed by atoms with E-state index in [2.05, 4.69) is 4.98 Å². The van der Waals surface area contributed by atoms with Gasteiger partial charge in [-0.3, -0.25) is 4.98 Å². The van der Waals surface area contributed by atoms with Gasteiger partial charge in [0.2, 0.25) is 0 Å². The number of rotatable bonds is 5. The second-order valence-electron chi connectivity index (χ2n) is 2.91. The molecule has 0 radical (unpaired) electrons. The first kappa shape index (κ1) is 11.3. The molecule has 0 bridgehead atoms. The Balaban J connectivity index is 2.67. The molecule has 0 aliphatic heterocycles. The Morgan fingerprint density at radius 3 is 2.86 bits per heavy atom. The van der Waals surface area contributed by atoms with Gasteiger partial charge < -0.3 is 9.47 Å². The average Bonchev–Trinajstić information content (AvgIpc) is 2.19. The normalized spacial score (nSPS) is 10.2. The van der Waals surface area contributed by atoms with E-state index in [0.717, 1.165) is 17.0 Å². The van der Waals surface area contributed by atoms with E-state index in [1.807, 2.05) is 13.0 Å². The Hall–Kier alpha value is -0.800. The molecule has 1 aromatic heterocycles. The first-order valence-corrected chi connectivity index (χ1v) is 4.94. The molecule has 1 aromatic rings. The molecule has 3 nitrogen and oxygen atoms in total. The van der Waals surface area contributed by atoms with Gasteiger partial charge in [-0.15, -0.1) is 11.6 Å². The van der Waals surface area contributed by atoms with Crippen molar-refractivity contribution >= 4 is 11.6 Å². The van der Waals surface area contributed by atoms with Gasteiger partial charge in [-0.2, -0.15) is 0 Å². The van der Waals surface area contributed by atoms with Crippen molar-refractivity contribution in [3.05, 3.63) is 23.5 Å². The Bertz CT molecular complexity index is 291. The monoisotopic (exact) mass is 215 g/mol. The van der Waals surface area contributed by atoms with Gasteiger partial charge in [-0.25, -0.2) is 0 Å². The van der Waals surface area contributed by atoms with E-state index in [1.165, 1.54) is 0 Å². The third-order valence-corrected chi connectivity index (χ3v) is 2.06. The largest absolute Gasteiger partial charge is 0.491 e. The number of aryl methyl sites for hydroxylation is 1. The topological polar surface area (TPSA) is 31.4 Å². The molecule has 0 aromatic carbocycles. The summed E-state index contributed by atoms with van der Waals surface area (Å²) in [5, 5.41) is 0. The molecule has 0 atom stereocenters. The van der Waals surface area contributed by atoms with Crippen LogP contribution in [0.5, 0.6) is 5.75 Å². The molecule has 1 heterocycles. The summed E-state index contributed by atoms with van der Waals surface area (Å²) in [5.41, 5.74) is 1.83. The van der Waals surface area contributed by atoms with Crippen LogP contribution in [0, 0.1) is 6.92 Å². The third kappa shape index (κ3) is 3.16. The standard InChI is InChI=1S/C10H14ClNO2/c1-8-5-10(14-4-3-13-2)9(6-11)7-12-8/h5,7H,3-4,6H2,1-2H3. The van der Waals surface area contributed by atoms with Crippen LogP contribution in [-0.4, -0.2) is 25.3 Å². The number of alkyl halides is 1. The van der Waals surface area contributed by atoms with Crippen molar-refractivity contribution in [3.63, 3.8) is 0 Å². The highest BCUT2D eigenvalue weighted by molar-refractivity contribution is 6.17. The summed E-state index contributed by atoms with van der Waals surface area (Å²) in [7, 11) is 1.64. The van der Waals surface area contributed by atoms with E-state index in [0.29, 0.717) is 19.1 Å². The van der Waals surface area contributed by atoms with Gasteiger partial charge in [0.1, 0.15) is 12.4 Å². The number of aromatic nitrogens is 1. The van der Waals surface area contributed by atoms with Crippen LogP contribution in [0.1, 0.15) is 11.3 Å². The van der Waals surface area contributed by atoms with Gasteiger partial charge in [-0.05, 0) is 6.92 Å². The number of hydrogen-bond donors (Lipinski definition) is 0. The molecule has 4 heteroatoms. The molecule has 0 fully saturated rings. The van der Waals surface area contributed by atoms with Crippen LogP contribution in [0.15, 0.2) is 12.3 Å². The van der Waals surface area contributed by atoms with Gasteiger partial charge in [0, 0.05) is 30.6 Å². The summed E-state index contributed by atoms with van der Waals surface area (Å²) >= 11 is 5.75. The first-order chi connectivity index (χ1) is 6.77. The van der Waals surface area contributed by atoms with Crippen LogP contribution in [0.4, 0.5) is 0 Å². The maximum Gasteiger partial charge on any atom is 0.127 e. The quantitative estimate of drug-likeness (QED) is 0.557. The number of methoxy groups -OCH3 is 1.